The third-order valence-corrected chi connectivity index (χ3v) is 6.80. The molecule has 1 aromatic carbocycles. The minimum Gasteiger partial charge on any atom is -0.439 e. The molecule has 2 aliphatic rings. The summed E-state index contributed by atoms with van der Waals surface area (Å²) in [5.74, 6) is 1.32. The van der Waals surface area contributed by atoms with Crippen molar-refractivity contribution in [2.75, 3.05) is 31.1 Å². The fraction of sp³-hybridized carbons (Fsp3) is 0.409. The molecule has 0 radical (unpaired) electrons. The Morgan fingerprint density at radius 3 is 2.83 bits per heavy atom. The van der Waals surface area contributed by atoms with Gasteiger partial charge >= 0.3 is 0 Å². The number of hydrogen-bond acceptors (Lipinski definition) is 7. The van der Waals surface area contributed by atoms with E-state index in [9.17, 15) is 4.79 Å². The Hall–Kier alpha value is -2.71. The highest BCUT2D eigenvalue weighted by molar-refractivity contribution is 7.16. The lowest BCUT2D eigenvalue weighted by Gasteiger charge is -2.32. The van der Waals surface area contributed by atoms with Gasteiger partial charge in [-0.05, 0) is 50.6 Å². The second-order valence-corrected chi connectivity index (χ2v) is 8.84. The molecule has 1 unspecified atom stereocenters. The highest BCUT2D eigenvalue weighted by Gasteiger charge is 2.31. The molecule has 30 heavy (non-hydrogen) atoms. The van der Waals surface area contributed by atoms with Crippen molar-refractivity contribution in [3.8, 4) is 11.6 Å². The van der Waals surface area contributed by atoms with Gasteiger partial charge in [-0.1, -0.05) is 6.42 Å². The van der Waals surface area contributed by atoms with Gasteiger partial charge in [0.25, 0.3) is 5.91 Å². The number of amides is 1. The molecule has 2 saturated heterocycles. The van der Waals surface area contributed by atoms with Crippen LogP contribution in [0.2, 0.25) is 0 Å². The molecule has 2 aliphatic heterocycles. The number of fused-ring (bicyclic) bond motifs is 1. The number of pyridine rings is 1. The summed E-state index contributed by atoms with van der Waals surface area (Å²) in [6.07, 6.45) is 4.95. The lowest BCUT2D eigenvalue weighted by atomic mass is 10.1. The first-order chi connectivity index (χ1) is 14.7. The number of thiazole rings is 1. The van der Waals surface area contributed by atoms with Gasteiger partial charge in [-0.2, -0.15) is 4.98 Å². The molecule has 0 saturated carbocycles. The van der Waals surface area contributed by atoms with Gasteiger partial charge in [0.05, 0.1) is 21.3 Å². The molecule has 2 fully saturated rings. The molecule has 1 amide bonds. The van der Waals surface area contributed by atoms with Crippen molar-refractivity contribution in [2.24, 2.45) is 5.73 Å². The number of likely N-dealkylation sites (tertiary alicyclic amines) is 1. The number of ether oxygens (including phenoxy) is 1. The molecule has 1 atom stereocenters. The molecule has 0 bridgehead atoms. The maximum absolute atomic E-state index is 12.0. The zero-order chi connectivity index (χ0) is 20.5. The predicted octanol–water partition coefficient (Wildman–Crippen LogP) is 3.65. The standard InChI is InChI=1S/C22H25N5O2S/c23-21(28)17-5-7-20(29-16-4-6-18-19(12-16)30-14-24-18)25-22(17)27-11-8-15(13-27)26-9-2-1-3-10-26/h4-7,12,14-15H,1-3,8-11,13H2,(H2,23,28). The van der Waals surface area contributed by atoms with Gasteiger partial charge in [0, 0.05) is 31.3 Å². The second kappa shape index (κ2) is 8.20. The monoisotopic (exact) mass is 423 g/mol. The minimum absolute atomic E-state index is 0.444. The van der Waals surface area contributed by atoms with E-state index in [1.807, 2.05) is 23.7 Å². The van der Waals surface area contributed by atoms with E-state index in [0.717, 1.165) is 42.8 Å². The number of piperidine rings is 1. The van der Waals surface area contributed by atoms with Gasteiger partial charge in [-0.3, -0.25) is 9.69 Å². The molecule has 3 aromatic rings. The summed E-state index contributed by atoms with van der Waals surface area (Å²) in [6.45, 7) is 4.06. The maximum Gasteiger partial charge on any atom is 0.252 e. The average molecular weight is 424 g/mol. The van der Waals surface area contributed by atoms with Crippen LogP contribution in [0, 0.1) is 0 Å². The highest BCUT2D eigenvalue weighted by atomic mass is 32.1. The first kappa shape index (κ1) is 19.3. The van der Waals surface area contributed by atoms with Gasteiger partial charge in [-0.25, -0.2) is 4.98 Å². The molecule has 2 aromatic heterocycles. The number of anilines is 1. The van der Waals surface area contributed by atoms with Crippen LogP contribution >= 0.6 is 11.3 Å². The minimum atomic E-state index is -0.462. The Balaban J connectivity index is 1.38. The molecule has 0 spiro atoms. The molecule has 8 heteroatoms. The summed E-state index contributed by atoms with van der Waals surface area (Å²) in [5.41, 5.74) is 8.86. The number of aromatic nitrogens is 2. The predicted molar refractivity (Wildman–Crippen MR) is 118 cm³/mol. The topological polar surface area (TPSA) is 84.6 Å². The van der Waals surface area contributed by atoms with Crippen LogP contribution in [0.4, 0.5) is 5.82 Å². The van der Waals surface area contributed by atoms with Crippen molar-refractivity contribution >= 4 is 33.3 Å². The zero-order valence-electron chi connectivity index (χ0n) is 16.8. The van der Waals surface area contributed by atoms with Crippen molar-refractivity contribution in [3.05, 3.63) is 41.4 Å². The number of carbonyl (C=O) groups is 1. The summed E-state index contributed by atoms with van der Waals surface area (Å²) in [4.78, 5) is 25.8. The van der Waals surface area contributed by atoms with Gasteiger partial charge in [0.15, 0.2) is 0 Å². The van der Waals surface area contributed by atoms with Crippen LogP contribution in [0.25, 0.3) is 10.2 Å². The van der Waals surface area contributed by atoms with Crippen LogP contribution in [0.3, 0.4) is 0 Å². The Morgan fingerprint density at radius 2 is 2.00 bits per heavy atom. The van der Waals surface area contributed by atoms with Crippen LogP contribution in [0.5, 0.6) is 11.6 Å². The fourth-order valence-corrected chi connectivity index (χ4v) is 5.16. The number of hydrogen-bond donors (Lipinski definition) is 1. The van der Waals surface area contributed by atoms with E-state index in [1.165, 1.54) is 19.3 Å². The number of carbonyl (C=O) groups excluding carboxylic acids is 1. The summed E-state index contributed by atoms with van der Waals surface area (Å²) in [5, 5.41) is 0. The van der Waals surface area contributed by atoms with E-state index >= 15 is 0 Å². The fourth-order valence-electron chi connectivity index (χ4n) is 4.46. The van der Waals surface area contributed by atoms with Crippen LogP contribution in [-0.2, 0) is 0 Å². The lowest BCUT2D eigenvalue weighted by molar-refractivity contribution is 0.100. The average Bonchev–Trinajstić information content (AvgIpc) is 3.44. The van der Waals surface area contributed by atoms with Crippen molar-refractivity contribution in [1.29, 1.82) is 0 Å². The summed E-state index contributed by atoms with van der Waals surface area (Å²) >= 11 is 1.57. The van der Waals surface area contributed by atoms with Gasteiger partial charge < -0.3 is 15.4 Å². The van der Waals surface area contributed by atoms with Crippen LogP contribution in [0.15, 0.2) is 35.8 Å². The van der Waals surface area contributed by atoms with E-state index in [1.54, 1.807) is 23.5 Å². The first-order valence-electron chi connectivity index (χ1n) is 10.5. The molecule has 156 valence electrons. The molecule has 4 heterocycles. The van der Waals surface area contributed by atoms with E-state index in [4.69, 9.17) is 15.5 Å². The maximum atomic E-state index is 12.0. The van der Waals surface area contributed by atoms with E-state index in [2.05, 4.69) is 14.8 Å². The van der Waals surface area contributed by atoms with E-state index < -0.39 is 5.91 Å². The third kappa shape index (κ3) is 3.85. The Labute approximate surface area is 179 Å². The van der Waals surface area contributed by atoms with Gasteiger partial charge in [0.2, 0.25) is 5.88 Å². The summed E-state index contributed by atoms with van der Waals surface area (Å²) in [7, 11) is 0. The van der Waals surface area contributed by atoms with E-state index in [-0.39, 0.29) is 0 Å². The smallest absolute Gasteiger partial charge is 0.252 e. The highest BCUT2D eigenvalue weighted by Crippen LogP contribution is 2.31. The van der Waals surface area contributed by atoms with Crippen molar-refractivity contribution < 1.29 is 9.53 Å². The molecule has 2 N–H and O–H groups in total. The molecule has 5 rings (SSSR count). The Morgan fingerprint density at radius 1 is 1.13 bits per heavy atom. The molecular formula is C22H25N5O2S. The number of nitrogens with zero attached hydrogens (tertiary/aromatic N) is 4. The summed E-state index contributed by atoms with van der Waals surface area (Å²) < 4.78 is 7.07. The zero-order valence-corrected chi connectivity index (χ0v) is 17.6. The lowest BCUT2D eigenvalue weighted by Crippen LogP contribution is -2.41. The third-order valence-electron chi connectivity index (χ3n) is 6.01. The quantitative estimate of drug-likeness (QED) is 0.674. The second-order valence-electron chi connectivity index (χ2n) is 7.95. The summed E-state index contributed by atoms with van der Waals surface area (Å²) in [6, 6.07) is 9.71. The van der Waals surface area contributed by atoms with Crippen molar-refractivity contribution in [1.82, 2.24) is 14.9 Å². The number of rotatable bonds is 5. The van der Waals surface area contributed by atoms with Crippen molar-refractivity contribution in [2.45, 2.75) is 31.7 Å². The number of primary amides is 1. The number of benzene rings is 1. The van der Waals surface area contributed by atoms with Gasteiger partial charge in [0.1, 0.15) is 11.6 Å². The van der Waals surface area contributed by atoms with Gasteiger partial charge in [-0.15, -0.1) is 11.3 Å². The molecule has 7 nitrogen and oxygen atoms in total. The molecule has 0 aliphatic carbocycles. The van der Waals surface area contributed by atoms with E-state index in [0.29, 0.717) is 29.1 Å². The molecular weight excluding hydrogens is 398 g/mol. The normalized spacial score (nSPS) is 20.0. The largest absolute Gasteiger partial charge is 0.439 e. The SMILES string of the molecule is NC(=O)c1ccc(Oc2ccc3ncsc3c2)nc1N1CCC(N2CCCCC2)C1. The first-order valence-corrected chi connectivity index (χ1v) is 11.4. The van der Waals surface area contributed by atoms with Crippen LogP contribution in [-0.4, -0.2) is 53.0 Å². The van der Waals surface area contributed by atoms with Crippen LogP contribution < -0.4 is 15.4 Å². The Kier molecular flexibility index (Phi) is 5.26. The van der Waals surface area contributed by atoms with Crippen molar-refractivity contribution in [3.63, 3.8) is 0 Å². The van der Waals surface area contributed by atoms with Crippen LogP contribution in [0.1, 0.15) is 36.0 Å². The number of nitrogens with two attached hydrogens (primary N) is 1. The Bertz CT molecular complexity index is 1060.